The molecule has 8 aromatic rings. The molecular weight excluding hydrogens is 794 g/mol. The fourth-order valence-electron chi connectivity index (χ4n) is 5.77. The first-order valence-corrected chi connectivity index (χ1v) is 18.4. The van der Waals surface area contributed by atoms with Gasteiger partial charge in [-0.15, -0.1) is 0 Å². The maximum atomic E-state index is 12.6. The second-order valence-electron chi connectivity index (χ2n) is 12.2. The number of aromatic nitrogens is 4. The van der Waals surface area contributed by atoms with Gasteiger partial charge in [-0.2, -0.15) is 0 Å². The molecule has 14 heteroatoms. The summed E-state index contributed by atoms with van der Waals surface area (Å²) in [6.07, 6.45) is 0. The Morgan fingerprint density at radius 1 is 0.518 bits per heavy atom. The van der Waals surface area contributed by atoms with Gasteiger partial charge >= 0.3 is 0 Å². The van der Waals surface area contributed by atoms with Gasteiger partial charge in [0.15, 0.2) is 0 Å². The number of carbonyl (C=O) groups is 2. The molecule has 4 N–H and O–H groups in total. The lowest BCUT2D eigenvalue weighted by Gasteiger charge is -2.07. The zero-order chi connectivity index (χ0) is 39.3. The van der Waals surface area contributed by atoms with E-state index in [1.807, 2.05) is 12.1 Å². The van der Waals surface area contributed by atoms with Crippen molar-refractivity contribution in [3.8, 4) is 34.3 Å². The number of H-pyrrole nitrogens is 2. The molecule has 0 bridgehead atoms. The maximum Gasteiger partial charge on any atom is 0.255 e. The molecule has 10 nitrogen and oxygen atoms in total. The van der Waals surface area contributed by atoms with E-state index in [0.29, 0.717) is 93.2 Å². The molecule has 0 aliphatic rings. The Bertz CT molecular complexity index is 2690. The number of amides is 2. The Hall–Kier alpha value is -6.04. The number of benzene rings is 6. The fraction of sp³-hybridized carbons (Fsp3) is 0.0476. The van der Waals surface area contributed by atoms with Crippen LogP contribution in [0.1, 0.15) is 20.7 Å². The van der Waals surface area contributed by atoms with E-state index >= 15 is 0 Å². The molecule has 0 saturated heterocycles. The Morgan fingerprint density at radius 2 is 0.964 bits per heavy atom. The van der Waals surface area contributed by atoms with Crippen LogP contribution in [0.5, 0.6) is 11.5 Å². The minimum Gasteiger partial charge on any atom is -0.497 e. The van der Waals surface area contributed by atoms with Crippen molar-refractivity contribution < 1.29 is 19.1 Å². The average Bonchev–Trinajstić information content (AvgIpc) is 3.82. The highest BCUT2D eigenvalue weighted by Gasteiger charge is 2.16. The number of nitrogens with one attached hydrogen (secondary N) is 4. The van der Waals surface area contributed by atoms with Crippen molar-refractivity contribution in [2.24, 2.45) is 0 Å². The van der Waals surface area contributed by atoms with Gasteiger partial charge in [0.05, 0.1) is 67.5 Å². The first-order valence-electron chi connectivity index (χ1n) is 16.9. The van der Waals surface area contributed by atoms with E-state index in [1.165, 1.54) is 0 Å². The Kier molecular flexibility index (Phi) is 11.4. The number of nitrogens with zero attached hydrogens (tertiary/aromatic N) is 2. The first-order chi connectivity index (χ1) is 27.1. The summed E-state index contributed by atoms with van der Waals surface area (Å²) in [5, 5.41) is 7.73. The molecule has 0 aliphatic carbocycles. The van der Waals surface area contributed by atoms with Crippen molar-refractivity contribution in [3.63, 3.8) is 0 Å². The first kappa shape index (κ1) is 38.2. The van der Waals surface area contributed by atoms with Crippen LogP contribution in [0.4, 0.5) is 11.4 Å². The monoisotopic (exact) mass is 822 g/mol. The zero-order valence-electron chi connectivity index (χ0n) is 29.6. The van der Waals surface area contributed by atoms with Crippen LogP contribution in [0.3, 0.4) is 0 Å². The van der Waals surface area contributed by atoms with Crippen molar-refractivity contribution in [2.45, 2.75) is 0 Å². The number of anilines is 2. The quantitative estimate of drug-likeness (QED) is 0.121. The molecule has 0 aliphatic heterocycles. The SMILES string of the molecule is COc1ccc(NC(=O)c2ccc3nc(-c4c(Cl)cccc4Cl)[nH]c3c2)cc1.COc1cccc(NC(=O)c2ccc3nc(-c4c(Cl)cccc4Cl)[nH]c3c2)c1. The fourth-order valence-corrected chi connectivity index (χ4v) is 6.92. The van der Waals surface area contributed by atoms with E-state index in [0.717, 1.165) is 5.75 Å². The molecule has 0 radical (unpaired) electrons. The van der Waals surface area contributed by atoms with Crippen LogP contribution < -0.4 is 20.1 Å². The van der Waals surface area contributed by atoms with Crippen molar-refractivity contribution >= 4 is 91.7 Å². The number of imidazole rings is 2. The van der Waals surface area contributed by atoms with Gasteiger partial charge in [-0.25, -0.2) is 9.97 Å². The standard InChI is InChI=1S/2C21H15Cl2N3O2/c1-28-14-5-2-4-13(11-14)24-21(27)12-8-9-17-18(10-12)26-20(25-17)19-15(22)6-3-7-16(19)23;1-28-14-8-6-13(7-9-14)24-21(27)12-5-10-17-18(11-12)26-20(25-17)19-15(22)3-2-4-16(19)23/h2*2-11H,1H3,(H,24,27)(H,25,26). The number of fused-ring (bicyclic) bond motifs is 2. The normalized spacial score (nSPS) is 10.8. The zero-order valence-corrected chi connectivity index (χ0v) is 32.6. The lowest BCUT2D eigenvalue weighted by atomic mass is 10.2. The van der Waals surface area contributed by atoms with Crippen LogP contribution in [0.2, 0.25) is 20.1 Å². The number of halogens is 4. The van der Waals surface area contributed by atoms with E-state index in [2.05, 4.69) is 30.6 Å². The lowest BCUT2D eigenvalue weighted by molar-refractivity contribution is 0.101. The van der Waals surface area contributed by atoms with Gasteiger partial charge in [0.25, 0.3) is 11.8 Å². The highest BCUT2D eigenvalue weighted by atomic mass is 35.5. The van der Waals surface area contributed by atoms with Crippen molar-refractivity contribution in [1.29, 1.82) is 0 Å². The number of carbonyl (C=O) groups excluding carboxylic acids is 2. The third kappa shape index (κ3) is 8.44. The third-order valence-electron chi connectivity index (χ3n) is 8.56. The van der Waals surface area contributed by atoms with Gasteiger partial charge in [0.1, 0.15) is 23.1 Å². The van der Waals surface area contributed by atoms with E-state index < -0.39 is 0 Å². The Labute approximate surface area is 340 Å². The molecule has 6 aromatic carbocycles. The predicted molar refractivity (Wildman–Crippen MR) is 225 cm³/mol. The number of ether oxygens (including phenoxy) is 2. The third-order valence-corrected chi connectivity index (χ3v) is 9.82. The topological polar surface area (TPSA) is 134 Å². The van der Waals surface area contributed by atoms with Gasteiger partial charge < -0.3 is 30.1 Å². The van der Waals surface area contributed by atoms with Crippen molar-refractivity contribution in [2.75, 3.05) is 24.9 Å². The van der Waals surface area contributed by atoms with Gasteiger partial charge in [-0.05, 0) is 97.1 Å². The molecule has 0 saturated carbocycles. The number of hydrogen-bond donors (Lipinski definition) is 4. The van der Waals surface area contributed by atoms with Crippen molar-refractivity contribution in [1.82, 2.24) is 19.9 Å². The average molecular weight is 825 g/mol. The number of aromatic amines is 2. The molecule has 56 heavy (non-hydrogen) atoms. The lowest BCUT2D eigenvalue weighted by Crippen LogP contribution is -2.11. The highest BCUT2D eigenvalue weighted by Crippen LogP contribution is 2.35. The molecule has 0 unspecified atom stereocenters. The molecular formula is C42H30Cl4N6O4. The van der Waals surface area contributed by atoms with Gasteiger partial charge in [-0.3, -0.25) is 9.59 Å². The van der Waals surface area contributed by atoms with Crippen LogP contribution in [0, 0.1) is 0 Å². The molecule has 0 atom stereocenters. The summed E-state index contributed by atoms with van der Waals surface area (Å²) in [5.74, 6) is 2.04. The number of methoxy groups -OCH3 is 2. The summed E-state index contributed by atoms with van der Waals surface area (Å²) in [7, 11) is 3.17. The van der Waals surface area contributed by atoms with Crippen LogP contribution >= 0.6 is 46.4 Å². The van der Waals surface area contributed by atoms with Crippen LogP contribution in [0.25, 0.3) is 44.8 Å². The molecule has 2 aromatic heterocycles. The Morgan fingerprint density at radius 3 is 1.43 bits per heavy atom. The summed E-state index contributed by atoms with van der Waals surface area (Å²) >= 11 is 25.1. The van der Waals surface area contributed by atoms with Crippen molar-refractivity contribution in [3.05, 3.63) is 153 Å². The van der Waals surface area contributed by atoms with Crippen LogP contribution in [-0.2, 0) is 0 Å². The van der Waals surface area contributed by atoms with Crippen LogP contribution in [0.15, 0.2) is 121 Å². The van der Waals surface area contributed by atoms with Crippen LogP contribution in [-0.4, -0.2) is 46.0 Å². The largest absolute Gasteiger partial charge is 0.497 e. The summed E-state index contributed by atoms with van der Waals surface area (Å²) in [5.41, 5.74) is 6.44. The molecule has 0 spiro atoms. The summed E-state index contributed by atoms with van der Waals surface area (Å²) in [6.45, 7) is 0. The van der Waals surface area contributed by atoms with Gasteiger partial charge in [0.2, 0.25) is 0 Å². The predicted octanol–water partition coefficient (Wildman–Crippen LogP) is 11.6. The van der Waals surface area contributed by atoms with Gasteiger partial charge in [-0.1, -0.05) is 64.6 Å². The molecule has 8 rings (SSSR count). The van der Waals surface area contributed by atoms with E-state index in [9.17, 15) is 9.59 Å². The minimum atomic E-state index is -0.234. The summed E-state index contributed by atoms with van der Waals surface area (Å²) < 4.78 is 10.3. The smallest absolute Gasteiger partial charge is 0.255 e. The van der Waals surface area contributed by atoms with E-state index in [-0.39, 0.29) is 11.8 Å². The highest BCUT2D eigenvalue weighted by molar-refractivity contribution is 6.39. The Balaban J connectivity index is 0.000000172. The second-order valence-corrected chi connectivity index (χ2v) is 13.8. The van der Waals surface area contributed by atoms with Gasteiger partial charge in [0, 0.05) is 28.6 Å². The number of hydrogen-bond acceptors (Lipinski definition) is 6. The maximum absolute atomic E-state index is 12.6. The molecule has 2 amide bonds. The molecule has 2 heterocycles. The number of rotatable bonds is 8. The molecule has 280 valence electrons. The summed E-state index contributed by atoms with van der Waals surface area (Å²) in [6, 6.07) is 35.4. The minimum absolute atomic E-state index is 0.223. The summed E-state index contributed by atoms with van der Waals surface area (Å²) in [4.78, 5) is 40.7. The van der Waals surface area contributed by atoms with E-state index in [1.54, 1.807) is 123 Å². The molecule has 0 fully saturated rings. The van der Waals surface area contributed by atoms with E-state index in [4.69, 9.17) is 55.9 Å². The second kappa shape index (κ2) is 16.8.